The molecule has 3 nitrogen and oxygen atoms in total. The van der Waals surface area contributed by atoms with Gasteiger partial charge in [-0.2, -0.15) is 5.10 Å². The van der Waals surface area contributed by atoms with Crippen LogP contribution in [0.4, 0.5) is 0 Å². The van der Waals surface area contributed by atoms with Crippen LogP contribution in [-0.2, 0) is 0 Å². The minimum absolute atomic E-state index is 0.254. The van der Waals surface area contributed by atoms with Crippen LogP contribution in [-0.4, -0.2) is 11.6 Å². The van der Waals surface area contributed by atoms with Crippen LogP contribution in [0.5, 0.6) is 0 Å². The van der Waals surface area contributed by atoms with Crippen LogP contribution >= 0.6 is 11.6 Å². The Labute approximate surface area is 129 Å². The van der Waals surface area contributed by atoms with Crippen molar-refractivity contribution in [3.63, 3.8) is 0 Å². The zero-order valence-electron chi connectivity index (χ0n) is 12.3. The van der Waals surface area contributed by atoms with Crippen LogP contribution in [0.1, 0.15) is 34.0 Å². The molecule has 0 fully saturated rings. The maximum atomic E-state index is 12.0. The van der Waals surface area contributed by atoms with Crippen LogP contribution in [0.25, 0.3) is 0 Å². The van der Waals surface area contributed by atoms with E-state index in [4.69, 9.17) is 11.6 Å². The SMILES string of the molecule is C/C(=N/NC(=O)c1ccc(Cl)cc1)c1ccc(C)cc1C. The van der Waals surface area contributed by atoms with E-state index in [-0.39, 0.29) is 5.91 Å². The number of hydrogen-bond donors (Lipinski definition) is 1. The highest BCUT2D eigenvalue weighted by molar-refractivity contribution is 6.30. The number of benzene rings is 2. The molecule has 2 aromatic rings. The fraction of sp³-hybridized carbons (Fsp3) is 0.176. The Balaban J connectivity index is 2.12. The van der Waals surface area contributed by atoms with Crippen LogP contribution in [0, 0.1) is 13.8 Å². The molecule has 21 heavy (non-hydrogen) atoms. The van der Waals surface area contributed by atoms with Crippen molar-refractivity contribution in [2.24, 2.45) is 5.10 Å². The van der Waals surface area contributed by atoms with Gasteiger partial charge in [-0.3, -0.25) is 4.79 Å². The third kappa shape index (κ3) is 3.92. The van der Waals surface area contributed by atoms with Gasteiger partial charge in [-0.25, -0.2) is 5.43 Å². The van der Waals surface area contributed by atoms with E-state index in [0.717, 1.165) is 16.8 Å². The Kier molecular flexibility index (Phi) is 4.76. The number of aryl methyl sites for hydroxylation is 2. The van der Waals surface area contributed by atoms with Crippen LogP contribution in [0.2, 0.25) is 5.02 Å². The lowest BCUT2D eigenvalue weighted by molar-refractivity contribution is 0.0955. The molecule has 0 aliphatic rings. The monoisotopic (exact) mass is 300 g/mol. The van der Waals surface area contributed by atoms with Gasteiger partial charge in [0.25, 0.3) is 5.91 Å². The van der Waals surface area contributed by atoms with E-state index in [1.165, 1.54) is 5.56 Å². The molecule has 108 valence electrons. The van der Waals surface area contributed by atoms with Crippen LogP contribution in [0.15, 0.2) is 47.6 Å². The second-order valence-electron chi connectivity index (χ2n) is 4.96. The molecule has 0 aromatic heterocycles. The summed E-state index contributed by atoms with van der Waals surface area (Å²) in [6.07, 6.45) is 0. The summed E-state index contributed by atoms with van der Waals surface area (Å²) >= 11 is 5.79. The lowest BCUT2D eigenvalue weighted by Crippen LogP contribution is -2.19. The molecule has 0 saturated carbocycles. The summed E-state index contributed by atoms with van der Waals surface area (Å²) < 4.78 is 0. The lowest BCUT2D eigenvalue weighted by Gasteiger charge is -2.07. The second-order valence-corrected chi connectivity index (χ2v) is 5.40. The Hall–Kier alpha value is -2.13. The highest BCUT2D eigenvalue weighted by Crippen LogP contribution is 2.12. The molecule has 0 aliphatic carbocycles. The van der Waals surface area contributed by atoms with Gasteiger partial charge in [0.2, 0.25) is 0 Å². The van der Waals surface area contributed by atoms with E-state index in [1.54, 1.807) is 24.3 Å². The smallest absolute Gasteiger partial charge is 0.267 e. The van der Waals surface area contributed by atoms with Crippen molar-refractivity contribution in [1.29, 1.82) is 0 Å². The van der Waals surface area contributed by atoms with Gasteiger partial charge in [0.1, 0.15) is 0 Å². The van der Waals surface area contributed by atoms with Gasteiger partial charge in [-0.1, -0.05) is 35.4 Å². The minimum atomic E-state index is -0.254. The number of hydrogen-bond acceptors (Lipinski definition) is 2. The van der Waals surface area contributed by atoms with Gasteiger partial charge < -0.3 is 0 Å². The second kappa shape index (κ2) is 6.55. The number of hydrazone groups is 1. The number of halogens is 1. The Bertz CT molecular complexity index is 690. The van der Waals surface area contributed by atoms with Gasteiger partial charge in [-0.15, -0.1) is 0 Å². The molecule has 0 atom stereocenters. The van der Waals surface area contributed by atoms with E-state index in [1.807, 2.05) is 32.9 Å². The standard InChI is InChI=1S/C17H17ClN2O/c1-11-4-9-16(12(2)10-11)13(3)19-20-17(21)14-5-7-15(18)8-6-14/h4-10H,1-3H3,(H,20,21)/b19-13-. The summed E-state index contributed by atoms with van der Waals surface area (Å²) in [6.45, 7) is 5.95. The lowest BCUT2D eigenvalue weighted by atomic mass is 10.0. The average Bonchev–Trinajstić information content (AvgIpc) is 2.45. The normalized spacial score (nSPS) is 11.3. The van der Waals surface area contributed by atoms with Crippen molar-refractivity contribution in [3.05, 3.63) is 69.7 Å². The predicted octanol–water partition coefficient (Wildman–Crippen LogP) is 4.11. The number of carbonyl (C=O) groups is 1. The summed E-state index contributed by atoms with van der Waals surface area (Å²) in [4.78, 5) is 12.0. The summed E-state index contributed by atoms with van der Waals surface area (Å²) in [7, 11) is 0. The molecule has 0 unspecified atom stereocenters. The van der Waals surface area contributed by atoms with Crippen molar-refractivity contribution in [1.82, 2.24) is 5.43 Å². The average molecular weight is 301 g/mol. The number of nitrogens with one attached hydrogen (secondary N) is 1. The molecule has 1 amide bonds. The maximum absolute atomic E-state index is 12.0. The van der Waals surface area contributed by atoms with Crippen molar-refractivity contribution in [2.75, 3.05) is 0 Å². The van der Waals surface area contributed by atoms with Crippen molar-refractivity contribution in [3.8, 4) is 0 Å². The summed E-state index contributed by atoms with van der Waals surface area (Å²) in [6, 6.07) is 12.8. The number of nitrogens with zero attached hydrogens (tertiary/aromatic N) is 1. The van der Waals surface area contributed by atoms with E-state index in [0.29, 0.717) is 10.6 Å². The number of amides is 1. The molecule has 0 spiro atoms. The molecule has 0 aliphatic heterocycles. The molecule has 2 aromatic carbocycles. The van der Waals surface area contributed by atoms with Gasteiger partial charge in [0, 0.05) is 16.1 Å². The quantitative estimate of drug-likeness (QED) is 0.672. The Morgan fingerprint density at radius 3 is 2.38 bits per heavy atom. The molecule has 0 bridgehead atoms. The molecule has 4 heteroatoms. The van der Waals surface area contributed by atoms with Crippen molar-refractivity contribution in [2.45, 2.75) is 20.8 Å². The third-order valence-corrected chi connectivity index (χ3v) is 3.46. The van der Waals surface area contributed by atoms with E-state index in [2.05, 4.69) is 16.6 Å². The topological polar surface area (TPSA) is 41.5 Å². The van der Waals surface area contributed by atoms with Crippen LogP contribution < -0.4 is 5.43 Å². The van der Waals surface area contributed by atoms with E-state index < -0.39 is 0 Å². The third-order valence-electron chi connectivity index (χ3n) is 3.20. The first-order chi connectivity index (χ1) is 9.97. The molecule has 2 rings (SSSR count). The van der Waals surface area contributed by atoms with Gasteiger partial charge in [0.15, 0.2) is 0 Å². The summed E-state index contributed by atoms with van der Waals surface area (Å²) in [5.74, 6) is -0.254. The first-order valence-corrected chi connectivity index (χ1v) is 7.03. The Morgan fingerprint density at radius 2 is 1.76 bits per heavy atom. The highest BCUT2D eigenvalue weighted by Gasteiger charge is 2.06. The molecule has 1 N–H and O–H groups in total. The minimum Gasteiger partial charge on any atom is -0.267 e. The largest absolute Gasteiger partial charge is 0.271 e. The first kappa shape index (κ1) is 15.3. The number of rotatable bonds is 3. The maximum Gasteiger partial charge on any atom is 0.271 e. The Morgan fingerprint density at radius 1 is 1.10 bits per heavy atom. The summed E-state index contributed by atoms with van der Waals surface area (Å²) in [5.41, 5.74) is 7.23. The molecule has 0 heterocycles. The fourth-order valence-electron chi connectivity index (χ4n) is 2.08. The van der Waals surface area contributed by atoms with Gasteiger partial charge in [0.05, 0.1) is 5.71 Å². The first-order valence-electron chi connectivity index (χ1n) is 6.65. The molecular weight excluding hydrogens is 284 g/mol. The zero-order chi connectivity index (χ0) is 15.4. The van der Waals surface area contributed by atoms with Gasteiger partial charge >= 0.3 is 0 Å². The predicted molar refractivity (Wildman–Crippen MR) is 87.0 cm³/mol. The van der Waals surface area contributed by atoms with E-state index >= 15 is 0 Å². The fourth-order valence-corrected chi connectivity index (χ4v) is 2.21. The zero-order valence-corrected chi connectivity index (χ0v) is 13.0. The molecular formula is C17H17ClN2O. The molecule has 0 radical (unpaired) electrons. The van der Waals surface area contributed by atoms with Crippen LogP contribution in [0.3, 0.4) is 0 Å². The van der Waals surface area contributed by atoms with E-state index in [9.17, 15) is 4.79 Å². The van der Waals surface area contributed by atoms with Crippen molar-refractivity contribution < 1.29 is 4.79 Å². The van der Waals surface area contributed by atoms with Crippen molar-refractivity contribution >= 4 is 23.2 Å². The highest BCUT2D eigenvalue weighted by atomic mass is 35.5. The molecule has 0 saturated heterocycles. The summed E-state index contributed by atoms with van der Waals surface area (Å²) in [5, 5.41) is 4.77. The van der Waals surface area contributed by atoms with Gasteiger partial charge in [-0.05, 0) is 50.6 Å². The number of carbonyl (C=O) groups excluding carboxylic acids is 1.